The number of allylic oxidation sites excluding steroid dienone is 1. The van der Waals surface area contributed by atoms with Gasteiger partial charge in [-0.1, -0.05) is 36.4 Å². The minimum Gasteiger partial charge on any atom is -0.270 e. The van der Waals surface area contributed by atoms with Crippen LogP contribution in [0.2, 0.25) is 0 Å². The predicted octanol–water partition coefficient (Wildman–Crippen LogP) is 3.51. The number of urea groups is 1. The fraction of sp³-hybridized carbons (Fsp3) is 0.231. The first-order valence-electron chi connectivity index (χ1n) is 5.57. The smallest absolute Gasteiger partial charge is 0.270 e. The van der Waals surface area contributed by atoms with Crippen LogP contribution in [0.15, 0.2) is 30.8 Å². The van der Waals surface area contributed by atoms with Gasteiger partial charge in [0.25, 0.3) is 5.91 Å². The molecule has 0 spiro atoms. The Morgan fingerprint density at radius 1 is 1.21 bits per heavy atom. The van der Waals surface area contributed by atoms with Crippen molar-refractivity contribution in [3.8, 4) is 0 Å². The Hall–Kier alpha value is -1.52. The second-order valence-electron chi connectivity index (χ2n) is 4.58. The molecule has 1 saturated heterocycles. The lowest BCUT2D eigenvalue weighted by molar-refractivity contribution is -0.128. The summed E-state index contributed by atoms with van der Waals surface area (Å²) in [6.45, 7) is 7.28. The number of rotatable bonds is 2. The number of carbonyl (C=O) groups excluding carboxylic acids is 2. The highest BCUT2D eigenvalue weighted by Gasteiger charge is 2.55. The van der Waals surface area contributed by atoms with Crippen molar-refractivity contribution in [3.05, 3.63) is 42.0 Å². The van der Waals surface area contributed by atoms with E-state index in [4.69, 9.17) is 23.6 Å². The van der Waals surface area contributed by atoms with Gasteiger partial charge in [0.15, 0.2) is 5.54 Å². The van der Waals surface area contributed by atoms with Crippen molar-refractivity contribution < 1.29 is 9.59 Å². The first kappa shape index (κ1) is 13.9. The number of hydrogen-bond acceptors (Lipinski definition) is 2. The zero-order chi connectivity index (χ0) is 14.4. The fourth-order valence-electron chi connectivity index (χ4n) is 1.95. The summed E-state index contributed by atoms with van der Waals surface area (Å²) in [5, 5.41) is 0. The van der Waals surface area contributed by atoms with Crippen molar-refractivity contribution in [2.24, 2.45) is 0 Å². The van der Waals surface area contributed by atoms with Gasteiger partial charge in [-0.3, -0.25) is 4.79 Å². The molecule has 1 fully saturated rings. The maximum absolute atomic E-state index is 12.1. The molecule has 0 radical (unpaired) electrons. The summed E-state index contributed by atoms with van der Waals surface area (Å²) in [5.41, 5.74) is 1.16. The maximum Gasteiger partial charge on any atom is 0.357 e. The Bertz CT molecular complexity index is 571. The molecule has 0 saturated carbocycles. The van der Waals surface area contributed by atoms with Crippen molar-refractivity contribution in [1.82, 2.24) is 8.84 Å². The van der Waals surface area contributed by atoms with Crippen LogP contribution in [0.1, 0.15) is 25.0 Å². The van der Waals surface area contributed by atoms with Gasteiger partial charge >= 0.3 is 6.03 Å². The van der Waals surface area contributed by atoms with E-state index < -0.39 is 17.5 Å². The molecule has 1 aliphatic heterocycles. The van der Waals surface area contributed by atoms with Gasteiger partial charge in [-0.2, -0.15) is 4.42 Å². The molecule has 0 bridgehead atoms. The van der Waals surface area contributed by atoms with Gasteiger partial charge in [-0.25, -0.2) is 9.21 Å². The number of hydrogen-bond donors (Lipinski definition) is 0. The van der Waals surface area contributed by atoms with E-state index in [2.05, 4.69) is 6.58 Å². The average molecular weight is 299 g/mol. The van der Waals surface area contributed by atoms with E-state index in [1.807, 2.05) is 19.1 Å². The Labute approximate surface area is 121 Å². The van der Waals surface area contributed by atoms with Crippen LogP contribution in [-0.2, 0) is 10.3 Å². The number of carbonyl (C=O) groups is 2. The van der Waals surface area contributed by atoms with Crippen LogP contribution in [0, 0.1) is 0 Å². The van der Waals surface area contributed by atoms with Gasteiger partial charge in [0, 0.05) is 23.6 Å². The van der Waals surface area contributed by atoms with Crippen LogP contribution in [0.4, 0.5) is 4.79 Å². The number of benzene rings is 1. The molecular weight excluding hydrogens is 287 g/mol. The number of halogens is 2. The molecule has 1 aromatic carbocycles. The molecule has 100 valence electrons. The summed E-state index contributed by atoms with van der Waals surface area (Å²) >= 11 is 11.5. The highest BCUT2D eigenvalue weighted by Crippen LogP contribution is 2.39. The third kappa shape index (κ3) is 1.91. The first-order chi connectivity index (χ1) is 8.80. The van der Waals surface area contributed by atoms with Gasteiger partial charge in [0.05, 0.1) is 0 Å². The van der Waals surface area contributed by atoms with E-state index in [0.717, 1.165) is 15.6 Å². The molecular formula is C13H12Cl2N2O2. The summed E-state index contributed by atoms with van der Waals surface area (Å²) in [6, 6.07) is 6.37. The molecule has 1 aromatic rings. The standard InChI is InChI=1S/C13H12Cl2N2O2/c1-8(2)9-4-6-10(7-5-9)13(3)11(18)16(14)12(19)17(13)15/h4-7H,1H2,2-3H3/t13-/m0/s1. The lowest BCUT2D eigenvalue weighted by Crippen LogP contribution is -2.38. The van der Waals surface area contributed by atoms with Gasteiger partial charge in [0.1, 0.15) is 0 Å². The van der Waals surface area contributed by atoms with Gasteiger partial charge < -0.3 is 0 Å². The van der Waals surface area contributed by atoms with Gasteiger partial charge in [-0.05, 0) is 25.0 Å². The Kier molecular flexibility index (Phi) is 3.32. The zero-order valence-electron chi connectivity index (χ0n) is 10.5. The van der Waals surface area contributed by atoms with E-state index in [-0.39, 0.29) is 0 Å². The van der Waals surface area contributed by atoms with Crippen LogP contribution in [0.25, 0.3) is 5.57 Å². The van der Waals surface area contributed by atoms with Crippen molar-refractivity contribution >= 4 is 41.1 Å². The lowest BCUT2D eigenvalue weighted by atomic mass is 9.91. The molecule has 0 unspecified atom stereocenters. The number of amides is 3. The molecule has 4 nitrogen and oxygen atoms in total. The Morgan fingerprint density at radius 3 is 2.11 bits per heavy atom. The molecule has 2 rings (SSSR count). The maximum atomic E-state index is 12.1. The van der Waals surface area contributed by atoms with Gasteiger partial charge in [0.2, 0.25) is 0 Å². The lowest BCUT2D eigenvalue weighted by Gasteiger charge is -2.26. The molecule has 1 atom stereocenters. The second kappa shape index (κ2) is 4.54. The Balaban J connectivity index is 2.48. The molecule has 3 amide bonds. The summed E-state index contributed by atoms with van der Waals surface area (Å²) in [4.78, 5) is 23.7. The monoisotopic (exact) mass is 298 g/mol. The summed E-state index contributed by atoms with van der Waals surface area (Å²) in [7, 11) is 0. The van der Waals surface area contributed by atoms with Gasteiger partial charge in [-0.15, -0.1) is 0 Å². The molecule has 0 aliphatic carbocycles. The van der Waals surface area contributed by atoms with Crippen molar-refractivity contribution in [1.29, 1.82) is 0 Å². The van der Waals surface area contributed by atoms with E-state index >= 15 is 0 Å². The zero-order valence-corrected chi connectivity index (χ0v) is 12.0. The van der Waals surface area contributed by atoms with E-state index in [0.29, 0.717) is 9.98 Å². The summed E-state index contributed by atoms with van der Waals surface area (Å²) in [5.74, 6) is -0.572. The first-order valence-corrected chi connectivity index (χ1v) is 6.24. The highest BCUT2D eigenvalue weighted by atomic mass is 35.5. The molecule has 0 aromatic heterocycles. The van der Waals surface area contributed by atoms with Crippen LogP contribution in [0.5, 0.6) is 0 Å². The fourth-order valence-corrected chi connectivity index (χ4v) is 2.47. The summed E-state index contributed by atoms with van der Waals surface area (Å²) in [6.07, 6.45) is 0. The SMILES string of the molecule is C=C(C)c1ccc([C@@]2(C)C(=O)N(Cl)C(=O)N2Cl)cc1. The van der Waals surface area contributed by atoms with Crippen molar-refractivity contribution in [3.63, 3.8) is 0 Å². The topological polar surface area (TPSA) is 40.6 Å². The van der Waals surface area contributed by atoms with E-state index in [1.165, 1.54) is 0 Å². The second-order valence-corrected chi connectivity index (χ2v) is 5.26. The van der Waals surface area contributed by atoms with E-state index in [9.17, 15) is 9.59 Å². The molecule has 0 N–H and O–H groups in total. The third-order valence-corrected chi connectivity index (χ3v) is 4.04. The normalized spacial score (nSPS) is 23.2. The van der Waals surface area contributed by atoms with Crippen molar-refractivity contribution in [2.45, 2.75) is 19.4 Å². The molecule has 6 heteroatoms. The quantitative estimate of drug-likeness (QED) is 0.619. The average Bonchev–Trinajstić information content (AvgIpc) is 2.55. The molecule has 1 heterocycles. The minimum atomic E-state index is -1.30. The largest absolute Gasteiger partial charge is 0.357 e. The van der Waals surface area contributed by atoms with Crippen LogP contribution in [-0.4, -0.2) is 20.8 Å². The summed E-state index contributed by atoms with van der Waals surface area (Å²) < 4.78 is 1.32. The number of nitrogens with zero attached hydrogens (tertiary/aromatic N) is 2. The minimum absolute atomic E-state index is 0.500. The van der Waals surface area contributed by atoms with E-state index in [1.54, 1.807) is 19.1 Å². The van der Waals surface area contributed by atoms with Crippen LogP contribution < -0.4 is 0 Å². The number of imide groups is 1. The van der Waals surface area contributed by atoms with Crippen LogP contribution >= 0.6 is 23.6 Å². The third-order valence-electron chi connectivity index (χ3n) is 3.26. The van der Waals surface area contributed by atoms with Crippen molar-refractivity contribution in [2.75, 3.05) is 0 Å². The highest BCUT2D eigenvalue weighted by molar-refractivity contribution is 6.39. The molecule has 1 aliphatic rings. The molecule has 19 heavy (non-hydrogen) atoms. The predicted molar refractivity (Wildman–Crippen MR) is 74.3 cm³/mol. The van der Waals surface area contributed by atoms with Crippen LogP contribution in [0.3, 0.4) is 0 Å². The Morgan fingerprint density at radius 2 is 1.74 bits per heavy atom.